The summed E-state index contributed by atoms with van der Waals surface area (Å²) >= 11 is 1.42. The van der Waals surface area contributed by atoms with Crippen LogP contribution in [0, 0.1) is 6.92 Å². The molecule has 1 saturated carbocycles. The first-order chi connectivity index (χ1) is 10.7. The van der Waals surface area contributed by atoms with Crippen LogP contribution >= 0.6 is 11.3 Å². The van der Waals surface area contributed by atoms with Crippen molar-refractivity contribution >= 4 is 22.5 Å². The number of hydrogen-bond donors (Lipinski definition) is 2. The number of anilines is 1. The molecular formula is C14H18N4O3S. The van der Waals surface area contributed by atoms with E-state index in [1.54, 1.807) is 7.11 Å². The van der Waals surface area contributed by atoms with Crippen molar-refractivity contribution in [2.45, 2.75) is 31.7 Å². The second kappa shape index (κ2) is 6.45. The number of carbonyl (C=O) groups is 1. The topological polar surface area (TPSA) is 89.3 Å². The van der Waals surface area contributed by atoms with Crippen LogP contribution in [0.15, 0.2) is 16.5 Å². The molecule has 0 saturated heterocycles. The Hall–Kier alpha value is -1.93. The van der Waals surface area contributed by atoms with E-state index in [9.17, 15) is 4.79 Å². The number of amides is 2. The zero-order chi connectivity index (χ0) is 15.5. The number of rotatable bonds is 6. The van der Waals surface area contributed by atoms with Gasteiger partial charge in [0.2, 0.25) is 5.13 Å². The van der Waals surface area contributed by atoms with E-state index < -0.39 is 0 Å². The van der Waals surface area contributed by atoms with Crippen LogP contribution in [0.3, 0.4) is 0 Å². The third kappa shape index (κ3) is 3.63. The number of aromatic nitrogens is 2. The minimum Gasteiger partial charge on any atom is -0.464 e. The zero-order valence-electron chi connectivity index (χ0n) is 12.5. The average molecular weight is 322 g/mol. The second-order valence-corrected chi connectivity index (χ2v) is 6.28. The molecule has 2 amide bonds. The van der Waals surface area contributed by atoms with Crippen molar-refractivity contribution in [2.24, 2.45) is 0 Å². The molecule has 2 heterocycles. The molecule has 0 spiro atoms. The first-order valence-corrected chi connectivity index (χ1v) is 7.93. The van der Waals surface area contributed by atoms with Crippen LogP contribution in [0.1, 0.15) is 41.3 Å². The van der Waals surface area contributed by atoms with E-state index in [4.69, 9.17) is 9.15 Å². The van der Waals surface area contributed by atoms with Gasteiger partial charge >= 0.3 is 6.03 Å². The molecule has 0 bridgehead atoms. The van der Waals surface area contributed by atoms with Crippen LogP contribution in [0.4, 0.5) is 9.93 Å². The summed E-state index contributed by atoms with van der Waals surface area (Å²) in [5, 5.41) is 15.1. The molecule has 7 nitrogen and oxygen atoms in total. The maximum atomic E-state index is 12.1. The zero-order valence-corrected chi connectivity index (χ0v) is 13.3. The van der Waals surface area contributed by atoms with E-state index in [0.29, 0.717) is 23.4 Å². The van der Waals surface area contributed by atoms with Gasteiger partial charge in [0.05, 0.1) is 6.61 Å². The maximum Gasteiger partial charge on any atom is 0.321 e. The summed E-state index contributed by atoms with van der Waals surface area (Å²) in [7, 11) is 1.58. The number of methoxy groups -OCH3 is 1. The Morgan fingerprint density at radius 3 is 2.95 bits per heavy atom. The van der Waals surface area contributed by atoms with Gasteiger partial charge in [0.1, 0.15) is 22.6 Å². The lowest BCUT2D eigenvalue weighted by atomic mass is 10.2. The highest BCUT2D eigenvalue weighted by Crippen LogP contribution is 2.42. The Kier molecular flexibility index (Phi) is 4.39. The molecular weight excluding hydrogens is 304 g/mol. The Morgan fingerprint density at radius 2 is 2.32 bits per heavy atom. The molecule has 1 fully saturated rings. The smallest absolute Gasteiger partial charge is 0.321 e. The van der Waals surface area contributed by atoms with E-state index in [1.165, 1.54) is 11.3 Å². The lowest BCUT2D eigenvalue weighted by molar-refractivity contribution is 0.158. The highest BCUT2D eigenvalue weighted by atomic mass is 32.1. The highest BCUT2D eigenvalue weighted by molar-refractivity contribution is 7.15. The van der Waals surface area contributed by atoms with E-state index in [-0.39, 0.29) is 12.1 Å². The van der Waals surface area contributed by atoms with E-state index in [2.05, 4.69) is 20.8 Å². The van der Waals surface area contributed by atoms with Crippen molar-refractivity contribution in [2.75, 3.05) is 19.0 Å². The predicted octanol–water partition coefficient (Wildman–Crippen LogP) is 2.83. The van der Waals surface area contributed by atoms with Crippen molar-refractivity contribution < 1.29 is 13.9 Å². The molecule has 2 aromatic heterocycles. The molecule has 1 unspecified atom stereocenters. The van der Waals surface area contributed by atoms with Gasteiger partial charge in [-0.25, -0.2) is 4.79 Å². The van der Waals surface area contributed by atoms with Gasteiger partial charge < -0.3 is 14.5 Å². The largest absolute Gasteiger partial charge is 0.464 e. The average Bonchev–Trinajstić information content (AvgIpc) is 3.08. The number of aryl methyl sites for hydroxylation is 1. The highest BCUT2D eigenvalue weighted by Gasteiger charge is 2.28. The number of nitrogens with zero attached hydrogens (tertiary/aromatic N) is 2. The second-order valence-electron chi connectivity index (χ2n) is 5.27. The van der Waals surface area contributed by atoms with Crippen LogP contribution < -0.4 is 10.6 Å². The van der Waals surface area contributed by atoms with Crippen molar-refractivity contribution in [3.63, 3.8) is 0 Å². The molecule has 22 heavy (non-hydrogen) atoms. The van der Waals surface area contributed by atoms with E-state index >= 15 is 0 Å². The summed E-state index contributed by atoms with van der Waals surface area (Å²) in [6.45, 7) is 2.18. The summed E-state index contributed by atoms with van der Waals surface area (Å²) < 4.78 is 10.7. The number of carbonyl (C=O) groups excluding carboxylic acids is 1. The van der Waals surface area contributed by atoms with Crippen molar-refractivity contribution in [3.8, 4) is 0 Å². The Labute approximate surface area is 132 Å². The minimum atomic E-state index is -0.352. The van der Waals surface area contributed by atoms with Gasteiger partial charge in [-0.05, 0) is 31.9 Å². The van der Waals surface area contributed by atoms with Crippen molar-refractivity contribution in [1.29, 1.82) is 0 Å². The third-order valence-corrected chi connectivity index (χ3v) is 4.33. The quantitative estimate of drug-likeness (QED) is 0.853. The summed E-state index contributed by atoms with van der Waals surface area (Å²) in [6, 6.07) is 2.98. The van der Waals surface area contributed by atoms with Gasteiger partial charge in [0.25, 0.3) is 0 Å². The van der Waals surface area contributed by atoms with Crippen molar-refractivity contribution in [3.05, 3.63) is 28.7 Å². The molecule has 1 aliphatic carbocycles. The molecule has 2 N–H and O–H groups in total. The monoisotopic (exact) mass is 322 g/mol. The molecule has 1 aliphatic rings. The molecule has 0 aromatic carbocycles. The van der Waals surface area contributed by atoms with Crippen LogP contribution in [0.2, 0.25) is 0 Å². The molecule has 0 radical (unpaired) electrons. The number of nitrogens with one attached hydrogen (secondary N) is 2. The number of urea groups is 1. The Morgan fingerprint density at radius 1 is 1.50 bits per heavy atom. The molecule has 3 rings (SSSR count). The molecule has 118 valence electrons. The third-order valence-electron chi connectivity index (χ3n) is 3.33. The summed E-state index contributed by atoms with van der Waals surface area (Å²) in [5.41, 5.74) is 0. The van der Waals surface area contributed by atoms with Gasteiger partial charge in [-0.15, -0.1) is 10.2 Å². The van der Waals surface area contributed by atoms with Crippen LogP contribution in [-0.4, -0.2) is 29.9 Å². The summed E-state index contributed by atoms with van der Waals surface area (Å²) in [5.74, 6) is 1.98. The van der Waals surface area contributed by atoms with Crippen LogP contribution in [0.25, 0.3) is 0 Å². The van der Waals surface area contributed by atoms with Gasteiger partial charge in [0, 0.05) is 13.0 Å². The van der Waals surface area contributed by atoms with Gasteiger partial charge in [0.15, 0.2) is 0 Å². The minimum absolute atomic E-state index is 0.323. The predicted molar refractivity (Wildman–Crippen MR) is 82.1 cm³/mol. The Balaban J connectivity index is 1.60. The lowest BCUT2D eigenvalue weighted by Crippen LogP contribution is -2.34. The van der Waals surface area contributed by atoms with Gasteiger partial charge in [-0.1, -0.05) is 11.3 Å². The van der Waals surface area contributed by atoms with Crippen LogP contribution in [-0.2, 0) is 4.74 Å². The fraction of sp³-hybridized carbons (Fsp3) is 0.500. The summed E-state index contributed by atoms with van der Waals surface area (Å²) in [6.07, 6.45) is 2.32. The van der Waals surface area contributed by atoms with Crippen LogP contribution in [0.5, 0.6) is 0 Å². The normalized spacial score (nSPS) is 15.5. The molecule has 2 aromatic rings. The summed E-state index contributed by atoms with van der Waals surface area (Å²) in [4.78, 5) is 12.1. The lowest BCUT2D eigenvalue weighted by Gasteiger charge is -2.15. The first-order valence-electron chi connectivity index (χ1n) is 7.12. The Bertz CT molecular complexity index is 650. The molecule has 1 atom stereocenters. The fourth-order valence-electron chi connectivity index (χ4n) is 2.07. The van der Waals surface area contributed by atoms with E-state index in [1.807, 2.05) is 19.1 Å². The molecule has 8 heteroatoms. The number of ether oxygens (including phenoxy) is 1. The standard InChI is InChI=1S/C14H18N4O3S/c1-8-3-6-11(21-8)10(7-20-2)15-13(19)16-14-18-17-12(22-14)9-4-5-9/h3,6,9-10H,4-5,7H2,1-2H3,(H2,15,16,18,19). The van der Waals surface area contributed by atoms with Gasteiger partial charge in [-0.2, -0.15) is 0 Å². The molecule has 0 aliphatic heterocycles. The maximum absolute atomic E-state index is 12.1. The number of hydrogen-bond acceptors (Lipinski definition) is 6. The van der Waals surface area contributed by atoms with Crippen molar-refractivity contribution in [1.82, 2.24) is 15.5 Å². The first kappa shape index (κ1) is 15.0. The fourth-order valence-corrected chi connectivity index (χ4v) is 2.98. The number of furan rings is 1. The van der Waals surface area contributed by atoms with E-state index in [0.717, 1.165) is 23.6 Å². The SMILES string of the molecule is COCC(NC(=O)Nc1nnc(C2CC2)s1)c1ccc(C)o1. The van der Waals surface area contributed by atoms with Gasteiger partial charge in [-0.3, -0.25) is 5.32 Å².